The van der Waals surface area contributed by atoms with Gasteiger partial charge in [-0.2, -0.15) is 0 Å². The first-order valence-corrected chi connectivity index (χ1v) is 8.30. The molecule has 0 saturated carbocycles. The van der Waals surface area contributed by atoms with E-state index in [9.17, 15) is 9.59 Å². The number of hydrogen-bond acceptors (Lipinski definition) is 6. The van der Waals surface area contributed by atoms with Gasteiger partial charge in [-0.3, -0.25) is 9.59 Å². The third-order valence-corrected chi connectivity index (χ3v) is 3.88. The van der Waals surface area contributed by atoms with Crippen LogP contribution in [0.3, 0.4) is 0 Å². The van der Waals surface area contributed by atoms with Gasteiger partial charge in [0.15, 0.2) is 0 Å². The molecule has 0 spiro atoms. The maximum Gasteiger partial charge on any atom is 0.305 e. The monoisotopic (exact) mass is 356 g/mol. The first-order valence-electron chi connectivity index (χ1n) is 8.30. The summed E-state index contributed by atoms with van der Waals surface area (Å²) in [4.78, 5) is 22.9. The van der Waals surface area contributed by atoms with E-state index < -0.39 is 36.7 Å². The summed E-state index contributed by atoms with van der Waals surface area (Å²) in [6, 6.07) is 19.0. The van der Waals surface area contributed by atoms with Crippen LogP contribution in [0.5, 0.6) is 0 Å². The molecule has 1 saturated heterocycles. The summed E-state index contributed by atoms with van der Waals surface area (Å²) in [5.41, 5.74) is 1.72. The average Bonchev–Trinajstić information content (AvgIpc) is 2.63. The first-order chi connectivity index (χ1) is 12.5. The summed E-state index contributed by atoms with van der Waals surface area (Å²) in [6.07, 6.45) is -3.37. The third-order valence-electron chi connectivity index (χ3n) is 3.88. The molecule has 0 aromatic heterocycles. The number of carbonyl (C=O) groups excluding carboxylic acids is 2. The smallest absolute Gasteiger partial charge is 0.305 e. The summed E-state index contributed by atoms with van der Waals surface area (Å²) in [7, 11) is 0. The minimum absolute atomic E-state index is 0.533. The van der Waals surface area contributed by atoms with Gasteiger partial charge in [-0.15, -0.1) is 0 Å². The molecule has 2 unspecified atom stereocenters. The highest BCUT2D eigenvalue weighted by Crippen LogP contribution is 2.42. The molecule has 0 N–H and O–H groups in total. The van der Waals surface area contributed by atoms with E-state index in [0.717, 1.165) is 11.1 Å². The van der Waals surface area contributed by atoms with Crippen molar-refractivity contribution in [1.82, 2.24) is 0 Å². The van der Waals surface area contributed by atoms with Gasteiger partial charge in [0.25, 0.3) is 12.6 Å². The Morgan fingerprint density at radius 3 is 1.35 bits per heavy atom. The van der Waals surface area contributed by atoms with Crippen LogP contribution in [-0.2, 0) is 28.5 Å². The van der Waals surface area contributed by atoms with E-state index in [1.807, 2.05) is 60.7 Å². The van der Waals surface area contributed by atoms with Gasteiger partial charge in [-0.25, -0.2) is 0 Å². The fourth-order valence-corrected chi connectivity index (χ4v) is 2.85. The Morgan fingerprint density at radius 1 is 0.692 bits per heavy atom. The predicted molar refractivity (Wildman–Crippen MR) is 91.6 cm³/mol. The van der Waals surface area contributed by atoms with Crippen LogP contribution in [0.25, 0.3) is 0 Å². The molecule has 1 aliphatic rings. The molecule has 1 fully saturated rings. The molecule has 6 nitrogen and oxygen atoms in total. The Hall–Kier alpha value is -2.70. The van der Waals surface area contributed by atoms with Gasteiger partial charge in [0.1, 0.15) is 12.2 Å². The van der Waals surface area contributed by atoms with E-state index in [1.165, 1.54) is 13.8 Å². The predicted octanol–water partition coefficient (Wildman–Crippen LogP) is 3.29. The lowest BCUT2D eigenvalue weighted by Crippen LogP contribution is -2.46. The van der Waals surface area contributed by atoms with Crippen molar-refractivity contribution in [2.45, 2.75) is 38.6 Å². The maximum atomic E-state index is 11.4. The molecule has 6 heteroatoms. The molecule has 3 rings (SSSR count). The quantitative estimate of drug-likeness (QED) is 0.783. The summed E-state index contributed by atoms with van der Waals surface area (Å²) in [5, 5.41) is 0. The molecular formula is C20H20O6. The van der Waals surface area contributed by atoms with E-state index >= 15 is 0 Å². The van der Waals surface area contributed by atoms with Crippen molar-refractivity contribution >= 4 is 11.9 Å². The van der Waals surface area contributed by atoms with Crippen LogP contribution in [0, 0.1) is 0 Å². The Bertz CT molecular complexity index is 680. The lowest BCUT2D eigenvalue weighted by Gasteiger charge is -2.40. The van der Waals surface area contributed by atoms with Crippen LogP contribution in [0.4, 0.5) is 0 Å². The Kier molecular flexibility index (Phi) is 5.65. The Labute approximate surface area is 151 Å². The van der Waals surface area contributed by atoms with Crippen molar-refractivity contribution in [3.05, 3.63) is 71.8 Å². The first kappa shape index (κ1) is 18.1. The Morgan fingerprint density at radius 2 is 1.04 bits per heavy atom. The summed E-state index contributed by atoms with van der Waals surface area (Å²) in [5.74, 6) is -1.11. The fourth-order valence-electron chi connectivity index (χ4n) is 2.85. The summed E-state index contributed by atoms with van der Waals surface area (Å²) >= 11 is 0. The SMILES string of the molecule is CC(=O)OC1O[C@H](c2ccccc2)[C@@H](c2ccccc2)OC1OC(C)=O. The normalized spacial score (nSPS) is 25.3. The van der Waals surface area contributed by atoms with Crippen LogP contribution >= 0.6 is 0 Å². The lowest BCUT2D eigenvalue weighted by molar-refractivity contribution is -0.347. The zero-order valence-corrected chi connectivity index (χ0v) is 14.5. The third kappa shape index (κ3) is 4.28. The van der Waals surface area contributed by atoms with E-state index in [-0.39, 0.29) is 0 Å². The van der Waals surface area contributed by atoms with Gasteiger partial charge in [-0.05, 0) is 11.1 Å². The van der Waals surface area contributed by atoms with Gasteiger partial charge >= 0.3 is 11.9 Å². The molecule has 0 radical (unpaired) electrons. The van der Waals surface area contributed by atoms with Crippen LogP contribution in [0.1, 0.15) is 37.2 Å². The standard InChI is InChI=1S/C20H20O6/c1-13(21)23-19-20(24-14(2)22)26-18(16-11-7-4-8-12-16)17(25-19)15-9-5-3-6-10-15/h3-12,17-20H,1-2H3/t17-,18-,19?,20?/m1/s1. The number of rotatable bonds is 4. The number of carbonyl (C=O) groups is 2. The fraction of sp³-hybridized carbons (Fsp3) is 0.300. The maximum absolute atomic E-state index is 11.4. The highest BCUT2D eigenvalue weighted by molar-refractivity contribution is 5.67. The van der Waals surface area contributed by atoms with Gasteiger partial charge in [0.2, 0.25) is 0 Å². The van der Waals surface area contributed by atoms with Crippen molar-refractivity contribution in [2.75, 3.05) is 0 Å². The molecular weight excluding hydrogens is 336 g/mol. The molecule has 4 atom stereocenters. The van der Waals surface area contributed by atoms with Gasteiger partial charge in [0, 0.05) is 13.8 Å². The van der Waals surface area contributed by atoms with Crippen LogP contribution in [-0.4, -0.2) is 24.5 Å². The van der Waals surface area contributed by atoms with Crippen molar-refractivity contribution in [2.24, 2.45) is 0 Å². The van der Waals surface area contributed by atoms with Crippen molar-refractivity contribution in [1.29, 1.82) is 0 Å². The van der Waals surface area contributed by atoms with Gasteiger partial charge < -0.3 is 18.9 Å². The summed E-state index contributed by atoms with van der Waals surface area (Å²) in [6.45, 7) is 2.52. The molecule has 1 aliphatic heterocycles. The van der Waals surface area contributed by atoms with Crippen molar-refractivity contribution in [3.8, 4) is 0 Å². The topological polar surface area (TPSA) is 71.1 Å². The zero-order valence-electron chi connectivity index (χ0n) is 14.5. The van der Waals surface area contributed by atoms with Crippen molar-refractivity contribution in [3.63, 3.8) is 0 Å². The zero-order chi connectivity index (χ0) is 18.5. The number of esters is 2. The van der Waals surface area contributed by atoms with Crippen LogP contribution in [0.2, 0.25) is 0 Å². The molecule has 2 aromatic rings. The largest absolute Gasteiger partial charge is 0.429 e. The molecule has 0 amide bonds. The summed E-state index contributed by atoms with van der Waals surface area (Å²) < 4.78 is 22.4. The van der Waals surface area contributed by atoms with E-state index in [1.54, 1.807) is 0 Å². The minimum Gasteiger partial charge on any atom is -0.429 e. The highest BCUT2D eigenvalue weighted by Gasteiger charge is 2.44. The van der Waals surface area contributed by atoms with E-state index in [0.29, 0.717) is 0 Å². The molecule has 1 heterocycles. The van der Waals surface area contributed by atoms with Crippen LogP contribution in [0.15, 0.2) is 60.7 Å². The van der Waals surface area contributed by atoms with Crippen LogP contribution < -0.4 is 0 Å². The molecule has 2 aromatic carbocycles. The number of ether oxygens (including phenoxy) is 4. The minimum atomic E-state index is -1.15. The molecule has 0 aliphatic carbocycles. The van der Waals surface area contributed by atoms with E-state index in [2.05, 4.69) is 0 Å². The second-order valence-electron chi connectivity index (χ2n) is 5.89. The average molecular weight is 356 g/mol. The highest BCUT2D eigenvalue weighted by atomic mass is 16.8. The van der Waals surface area contributed by atoms with Crippen molar-refractivity contribution < 1.29 is 28.5 Å². The lowest BCUT2D eigenvalue weighted by atomic mass is 9.97. The number of benzene rings is 2. The van der Waals surface area contributed by atoms with Gasteiger partial charge in [-0.1, -0.05) is 60.7 Å². The molecule has 26 heavy (non-hydrogen) atoms. The Balaban J connectivity index is 1.96. The second kappa shape index (κ2) is 8.12. The molecule has 0 bridgehead atoms. The number of hydrogen-bond donors (Lipinski definition) is 0. The second-order valence-corrected chi connectivity index (χ2v) is 5.89. The molecule has 136 valence electrons. The van der Waals surface area contributed by atoms with Gasteiger partial charge in [0.05, 0.1) is 0 Å². The van der Waals surface area contributed by atoms with E-state index in [4.69, 9.17) is 18.9 Å².